The summed E-state index contributed by atoms with van der Waals surface area (Å²) in [6, 6.07) is 7.83. The van der Waals surface area contributed by atoms with E-state index in [-0.39, 0.29) is 17.3 Å². The van der Waals surface area contributed by atoms with Crippen molar-refractivity contribution >= 4 is 15.8 Å². The molecule has 1 heterocycles. The average molecular weight is 294 g/mol. The summed E-state index contributed by atoms with van der Waals surface area (Å²) in [5.74, 6) is 0.485. The van der Waals surface area contributed by atoms with Crippen LogP contribution < -0.4 is 10.5 Å². The third-order valence-electron chi connectivity index (χ3n) is 3.03. The van der Waals surface area contributed by atoms with Crippen molar-refractivity contribution < 1.29 is 8.42 Å². The molecule has 0 bridgehead atoms. The number of H-pyrrole nitrogens is 1. The average Bonchev–Trinajstić information content (AvgIpc) is 2.84. The summed E-state index contributed by atoms with van der Waals surface area (Å²) in [6.07, 6.45) is 1.19. The van der Waals surface area contributed by atoms with Gasteiger partial charge in [0, 0.05) is 6.54 Å². The molecule has 4 N–H and O–H groups in total. The fourth-order valence-electron chi connectivity index (χ4n) is 1.78. The second-order valence-electron chi connectivity index (χ2n) is 4.87. The number of hydrogen-bond acceptors (Lipinski definition) is 4. The van der Waals surface area contributed by atoms with Gasteiger partial charge in [0.1, 0.15) is 10.7 Å². The Balaban J connectivity index is 2.07. The smallest absolute Gasteiger partial charge is 0.246 e. The number of nitrogens with one attached hydrogen (secondary N) is 2. The van der Waals surface area contributed by atoms with Gasteiger partial charge in [-0.2, -0.15) is 5.10 Å². The fourth-order valence-corrected chi connectivity index (χ4v) is 2.81. The summed E-state index contributed by atoms with van der Waals surface area (Å²) >= 11 is 0. The van der Waals surface area contributed by atoms with Crippen LogP contribution in [0.1, 0.15) is 30.9 Å². The summed E-state index contributed by atoms with van der Waals surface area (Å²) in [5.41, 5.74) is 7.62. The summed E-state index contributed by atoms with van der Waals surface area (Å²) in [6.45, 7) is 4.43. The Kier molecular flexibility index (Phi) is 4.10. The van der Waals surface area contributed by atoms with Crippen LogP contribution in [-0.2, 0) is 16.6 Å². The van der Waals surface area contributed by atoms with Gasteiger partial charge in [-0.15, -0.1) is 0 Å². The lowest BCUT2D eigenvalue weighted by atomic mass is 10.0. The zero-order valence-corrected chi connectivity index (χ0v) is 12.2. The van der Waals surface area contributed by atoms with Gasteiger partial charge in [-0.05, 0) is 17.0 Å². The Bertz CT molecular complexity index is 675. The lowest BCUT2D eigenvalue weighted by Gasteiger charge is -2.08. The van der Waals surface area contributed by atoms with E-state index in [4.69, 9.17) is 5.73 Å². The molecular formula is C13H18N4O2S. The minimum absolute atomic E-state index is 0.0312. The zero-order chi connectivity index (χ0) is 14.8. The molecule has 0 aliphatic carbocycles. The van der Waals surface area contributed by atoms with Crippen LogP contribution >= 0.6 is 0 Å². The maximum atomic E-state index is 12.0. The molecule has 2 rings (SSSR count). The SMILES string of the molecule is CC(C)c1ccc(CNS(=O)(=O)c2cn[nH]c2N)cc1. The van der Waals surface area contributed by atoms with E-state index in [1.54, 1.807) is 0 Å². The molecule has 20 heavy (non-hydrogen) atoms. The first-order valence-corrected chi connectivity index (χ1v) is 7.76. The third kappa shape index (κ3) is 3.17. The van der Waals surface area contributed by atoms with Gasteiger partial charge in [0.25, 0.3) is 0 Å². The number of benzene rings is 1. The van der Waals surface area contributed by atoms with Crippen molar-refractivity contribution in [2.24, 2.45) is 0 Å². The molecule has 7 heteroatoms. The molecule has 0 aliphatic rings. The minimum atomic E-state index is -3.64. The van der Waals surface area contributed by atoms with Crippen LogP contribution in [0, 0.1) is 0 Å². The number of aromatic nitrogens is 2. The second kappa shape index (κ2) is 5.64. The Morgan fingerprint density at radius 1 is 1.30 bits per heavy atom. The lowest BCUT2D eigenvalue weighted by Crippen LogP contribution is -2.23. The van der Waals surface area contributed by atoms with E-state index in [1.165, 1.54) is 11.8 Å². The lowest BCUT2D eigenvalue weighted by molar-refractivity contribution is 0.582. The molecule has 1 aromatic heterocycles. The van der Waals surface area contributed by atoms with Gasteiger partial charge < -0.3 is 5.73 Å². The molecule has 0 amide bonds. The molecular weight excluding hydrogens is 276 g/mol. The van der Waals surface area contributed by atoms with Crippen molar-refractivity contribution in [1.82, 2.24) is 14.9 Å². The molecule has 1 aromatic carbocycles. The molecule has 0 saturated heterocycles. The second-order valence-corrected chi connectivity index (χ2v) is 6.60. The van der Waals surface area contributed by atoms with E-state index in [2.05, 4.69) is 28.8 Å². The Hall–Kier alpha value is -1.86. The minimum Gasteiger partial charge on any atom is -0.383 e. The summed E-state index contributed by atoms with van der Waals surface area (Å²) < 4.78 is 26.5. The third-order valence-corrected chi connectivity index (χ3v) is 4.46. The molecule has 0 saturated carbocycles. The highest BCUT2D eigenvalue weighted by atomic mass is 32.2. The van der Waals surface area contributed by atoms with Crippen molar-refractivity contribution in [1.29, 1.82) is 0 Å². The fraction of sp³-hybridized carbons (Fsp3) is 0.308. The maximum absolute atomic E-state index is 12.0. The maximum Gasteiger partial charge on any atom is 0.246 e. The summed E-state index contributed by atoms with van der Waals surface area (Å²) in [4.78, 5) is -0.0312. The highest BCUT2D eigenvalue weighted by Crippen LogP contribution is 2.16. The quantitative estimate of drug-likeness (QED) is 0.779. The van der Waals surface area contributed by atoms with E-state index in [0.29, 0.717) is 5.92 Å². The van der Waals surface area contributed by atoms with Crippen molar-refractivity contribution in [2.45, 2.75) is 31.2 Å². The van der Waals surface area contributed by atoms with Gasteiger partial charge in [-0.3, -0.25) is 5.10 Å². The molecule has 0 spiro atoms. The van der Waals surface area contributed by atoms with E-state index >= 15 is 0 Å². The monoisotopic (exact) mass is 294 g/mol. The van der Waals surface area contributed by atoms with Gasteiger partial charge in [0.15, 0.2) is 0 Å². The Labute approximate surface area is 118 Å². The van der Waals surface area contributed by atoms with E-state index in [9.17, 15) is 8.42 Å². The number of nitrogens with two attached hydrogens (primary N) is 1. The summed E-state index contributed by atoms with van der Waals surface area (Å²) in [5, 5.41) is 6.01. The van der Waals surface area contributed by atoms with E-state index in [0.717, 1.165) is 5.56 Å². The molecule has 6 nitrogen and oxygen atoms in total. The first kappa shape index (κ1) is 14.5. The largest absolute Gasteiger partial charge is 0.383 e. The Morgan fingerprint density at radius 2 is 1.95 bits per heavy atom. The number of anilines is 1. The molecule has 0 aliphatic heterocycles. The van der Waals surface area contributed by atoms with Crippen molar-refractivity contribution in [3.63, 3.8) is 0 Å². The standard InChI is InChI=1S/C13H18N4O2S/c1-9(2)11-5-3-10(4-6-11)7-16-20(18,19)12-8-15-17-13(12)14/h3-6,8-9,16H,7H2,1-2H3,(H3,14,15,17). The number of nitrogens with zero attached hydrogens (tertiary/aromatic N) is 1. The van der Waals surface area contributed by atoms with Crippen molar-refractivity contribution in [3.05, 3.63) is 41.6 Å². The zero-order valence-electron chi connectivity index (χ0n) is 11.4. The highest BCUT2D eigenvalue weighted by Gasteiger charge is 2.18. The number of hydrogen-bond donors (Lipinski definition) is 3. The van der Waals surface area contributed by atoms with E-state index in [1.807, 2.05) is 24.3 Å². The molecule has 2 aromatic rings. The normalized spacial score (nSPS) is 11.9. The number of nitrogen functional groups attached to an aromatic ring is 1. The van der Waals surface area contributed by atoms with Gasteiger partial charge >= 0.3 is 0 Å². The first-order valence-electron chi connectivity index (χ1n) is 6.27. The van der Waals surface area contributed by atoms with Crippen LogP contribution in [0.4, 0.5) is 5.82 Å². The predicted octanol–water partition coefficient (Wildman–Crippen LogP) is 1.59. The van der Waals surface area contributed by atoms with Crippen LogP contribution in [-0.4, -0.2) is 18.6 Å². The Morgan fingerprint density at radius 3 is 2.45 bits per heavy atom. The number of sulfonamides is 1. The highest BCUT2D eigenvalue weighted by molar-refractivity contribution is 7.89. The molecule has 0 radical (unpaired) electrons. The van der Waals surface area contributed by atoms with Gasteiger partial charge in [0.2, 0.25) is 10.0 Å². The number of aromatic amines is 1. The van der Waals surface area contributed by atoms with Crippen molar-refractivity contribution in [2.75, 3.05) is 5.73 Å². The van der Waals surface area contributed by atoms with Crippen LogP contribution in [0.2, 0.25) is 0 Å². The van der Waals surface area contributed by atoms with Crippen LogP contribution in [0.25, 0.3) is 0 Å². The van der Waals surface area contributed by atoms with Crippen LogP contribution in [0.15, 0.2) is 35.4 Å². The molecule has 0 fully saturated rings. The van der Waals surface area contributed by atoms with Gasteiger partial charge in [-0.25, -0.2) is 13.1 Å². The molecule has 0 atom stereocenters. The summed E-state index contributed by atoms with van der Waals surface area (Å²) in [7, 11) is -3.64. The van der Waals surface area contributed by atoms with E-state index < -0.39 is 10.0 Å². The van der Waals surface area contributed by atoms with Gasteiger partial charge in [-0.1, -0.05) is 38.1 Å². The topological polar surface area (TPSA) is 101 Å². The van der Waals surface area contributed by atoms with Crippen LogP contribution in [0.5, 0.6) is 0 Å². The molecule has 0 unspecified atom stereocenters. The van der Waals surface area contributed by atoms with Gasteiger partial charge in [0.05, 0.1) is 6.20 Å². The first-order chi connectivity index (χ1) is 9.40. The van der Waals surface area contributed by atoms with Crippen LogP contribution in [0.3, 0.4) is 0 Å². The number of rotatable bonds is 5. The molecule has 108 valence electrons. The van der Waals surface area contributed by atoms with Crippen molar-refractivity contribution in [3.8, 4) is 0 Å². The predicted molar refractivity (Wildman–Crippen MR) is 77.6 cm³/mol.